The second-order valence-electron chi connectivity index (χ2n) is 9.65. The van der Waals surface area contributed by atoms with Crippen LogP contribution in [0.25, 0.3) is 0 Å². The summed E-state index contributed by atoms with van der Waals surface area (Å²) in [6, 6.07) is 5.46. The monoisotopic (exact) mass is 573 g/mol. The van der Waals surface area contributed by atoms with E-state index in [1.54, 1.807) is 6.08 Å². The molecule has 1 aromatic heterocycles. The predicted molar refractivity (Wildman–Crippen MR) is 157 cm³/mol. The minimum absolute atomic E-state index is 0.190. The number of likely N-dealkylation sites (tertiary alicyclic amines) is 1. The first-order valence-corrected chi connectivity index (χ1v) is 14.0. The molecule has 7 nitrogen and oxygen atoms in total. The number of allylic oxidation sites excluding steroid dienone is 5. The fraction of sp³-hybridized carbons (Fsp3) is 0.452. The van der Waals surface area contributed by atoms with Crippen LogP contribution in [0.5, 0.6) is 0 Å². The highest BCUT2D eigenvalue weighted by Crippen LogP contribution is 2.44. The van der Waals surface area contributed by atoms with E-state index in [0.717, 1.165) is 55.4 Å². The molecule has 41 heavy (non-hydrogen) atoms. The van der Waals surface area contributed by atoms with Gasteiger partial charge >= 0.3 is 0 Å². The highest BCUT2D eigenvalue weighted by molar-refractivity contribution is 5.94. The molecule has 0 unspecified atom stereocenters. The third-order valence-corrected chi connectivity index (χ3v) is 7.01. The van der Waals surface area contributed by atoms with Crippen molar-refractivity contribution in [2.24, 2.45) is 0 Å². The molecular formula is C31H42F3N5O2. The van der Waals surface area contributed by atoms with Crippen molar-refractivity contribution >= 4 is 17.6 Å². The van der Waals surface area contributed by atoms with E-state index in [4.69, 9.17) is 0 Å². The predicted octanol–water partition coefficient (Wildman–Crippen LogP) is 5.78. The van der Waals surface area contributed by atoms with Crippen LogP contribution in [0.3, 0.4) is 0 Å². The van der Waals surface area contributed by atoms with Crippen LogP contribution in [-0.4, -0.2) is 59.8 Å². The molecule has 1 aliphatic heterocycles. The summed E-state index contributed by atoms with van der Waals surface area (Å²) < 4.78 is 36.2. The van der Waals surface area contributed by atoms with Crippen molar-refractivity contribution < 1.29 is 22.8 Å². The van der Waals surface area contributed by atoms with E-state index < -0.39 is 23.4 Å². The average Bonchev–Trinajstić information content (AvgIpc) is 3.71. The Morgan fingerprint density at radius 3 is 2.29 bits per heavy atom. The highest BCUT2D eigenvalue weighted by Gasteiger charge is 2.43. The molecule has 1 aliphatic carbocycles. The molecule has 2 amide bonds. The Kier molecular flexibility index (Phi) is 13.6. The maximum Gasteiger partial charge on any atom is 0.244 e. The molecular weight excluding hydrogens is 531 g/mol. The smallest absolute Gasteiger partial charge is 0.244 e. The SMILES string of the molecule is C=C/C=C(\C=C/C)C1(c2cc(NC(=O)CNC(=O)Cc3cc(F)cc(F)c3)n[nH]2)CCN(C2CC2)CC1.CC.CF. The number of rotatable bonds is 10. The lowest BCUT2D eigenvalue weighted by Crippen LogP contribution is -2.44. The van der Waals surface area contributed by atoms with Crippen molar-refractivity contribution in [3.05, 3.63) is 83.6 Å². The average molecular weight is 574 g/mol. The number of anilines is 1. The summed E-state index contributed by atoms with van der Waals surface area (Å²) in [6.45, 7) is 11.6. The fourth-order valence-corrected chi connectivity index (χ4v) is 5.06. The van der Waals surface area contributed by atoms with Crippen molar-refractivity contribution in [3.63, 3.8) is 0 Å². The van der Waals surface area contributed by atoms with Crippen LogP contribution in [0, 0.1) is 11.6 Å². The Labute approximate surface area is 241 Å². The van der Waals surface area contributed by atoms with Crippen LogP contribution in [0.2, 0.25) is 0 Å². The quantitative estimate of drug-likeness (QED) is 0.314. The molecule has 4 rings (SSSR count). The van der Waals surface area contributed by atoms with Crippen molar-refractivity contribution in [3.8, 4) is 0 Å². The van der Waals surface area contributed by atoms with Crippen LogP contribution in [0.1, 0.15) is 57.7 Å². The van der Waals surface area contributed by atoms with Gasteiger partial charge in [-0.05, 0) is 69.0 Å². The summed E-state index contributed by atoms with van der Waals surface area (Å²) in [5.74, 6) is -2.12. The number of aromatic amines is 1. The van der Waals surface area contributed by atoms with Crippen LogP contribution in [0.4, 0.5) is 19.0 Å². The fourth-order valence-electron chi connectivity index (χ4n) is 5.06. The van der Waals surface area contributed by atoms with Crippen molar-refractivity contribution in [1.82, 2.24) is 20.4 Å². The van der Waals surface area contributed by atoms with E-state index in [0.29, 0.717) is 19.0 Å². The third-order valence-electron chi connectivity index (χ3n) is 7.01. The molecule has 0 bridgehead atoms. The van der Waals surface area contributed by atoms with Gasteiger partial charge in [-0.1, -0.05) is 44.7 Å². The van der Waals surface area contributed by atoms with Gasteiger partial charge in [-0.3, -0.25) is 19.1 Å². The molecule has 2 fully saturated rings. The Morgan fingerprint density at radius 2 is 1.73 bits per heavy atom. The number of amides is 2. The van der Waals surface area contributed by atoms with Gasteiger partial charge < -0.3 is 15.5 Å². The zero-order valence-electron chi connectivity index (χ0n) is 24.4. The Morgan fingerprint density at radius 1 is 1.10 bits per heavy atom. The first-order valence-electron chi connectivity index (χ1n) is 14.0. The highest BCUT2D eigenvalue weighted by atomic mass is 19.1. The molecule has 3 N–H and O–H groups in total. The van der Waals surface area contributed by atoms with Gasteiger partial charge in [-0.25, -0.2) is 8.78 Å². The first kappa shape index (κ1) is 33.5. The summed E-state index contributed by atoms with van der Waals surface area (Å²) in [5, 5.41) is 12.6. The molecule has 2 aromatic rings. The van der Waals surface area contributed by atoms with Gasteiger partial charge in [0.2, 0.25) is 11.8 Å². The summed E-state index contributed by atoms with van der Waals surface area (Å²) in [7, 11) is 0.500. The van der Waals surface area contributed by atoms with Crippen LogP contribution in [-0.2, 0) is 21.4 Å². The number of benzene rings is 1. The van der Waals surface area contributed by atoms with Crippen molar-refractivity contribution in [2.75, 3.05) is 32.1 Å². The summed E-state index contributed by atoms with van der Waals surface area (Å²) in [5.41, 5.74) is 1.97. The van der Waals surface area contributed by atoms with Gasteiger partial charge in [0.1, 0.15) is 11.6 Å². The number of aromatic nitrogens is 2. The lowest BCUT2D eigenvalue weighted by Gasteiger charge is -2.42. The van der Waals surface area contributed by atoms with Gasteiger partial charge in [-0.15, -0.1) is 0 Å². The number of alkyl halides is 1. The molecule has 1 saturated heterocycles. The molecule has 224 valence electrons. The number of hydrogen-bond donors (Lipinski definition) is 3. The molecule has 2 aliphatic rings. The van der Waals surface area contributed by atoms with Crippen molar-refractivity contribution in [1.29, 1.82) is 0 Å². The Hall–Kier alpha value is -3.66. The minimum Gasteiger partial charge on any atom is -0.347 e. The Balaban J connectivity index is 0.00000141. The van der Waals surface area contributed by atoms with E-state index in [2.05, 4.69) is 38.4 Å². The second kappa shape index (κ2) is 16.6. The number of H-pyrrole nitrogens is 1. The van der Waals surface area contributed by atoms with E-state index in [1.807, 2.05) is 39.0 Å². The van der Waals surface area contributed by atoms with E-state index in [1.165, 1.54) is 12.8 Å². The largest absolute Gasteiger partial charge is 0.347 e. The summed E-state index contributed by atoms with van der Waals surface area (Å²) in [4.78, 5) is 27.2. The van der Waals surface area contributed by atoms with E-state index >= 15 is 0 Å². The number of nitrogens with one attached hydrogen (secondary N) is 3. The van der Waals surface area contributed by atoms with Crippen LogP contribution >= 0.6 is 0 Å². The number of hydrogen-bond acceptors (Lipinski definition) is 4. The van der Waals surface area contributed by atoms with Gasteiger partial charge in [-0.2, -0.15) is 5.10 Å². The molecule has 0 atom stereocenters. The molecule has 1 aromatic carbocycles. The summed E-state index contributed by atoms with van der Waals surface area (Å²) in [6.07, 6.45) is 12.1. The van der Waals surface area contributed by atoms with Gasteiger partial charge in [0.25, 0.3) is 0 Å². The van der Waals surface area contributed by atoms with Crippen LogP contribution in [0.15, 0.2) is 60.7 Å². The van der Waals surface area contributed by atoms with Crippen molar-refractivity contribution in [2.45, 2.75) is 64.3 Å². The topological polar surface area (TPSA) is 90.1 Å². The van der Waals surface area contributed by atoms with E-state index in [9.17, 15) is 22.8 Å². The molecule has 0 radical (unpaired) electrons. The maximum atomic E-state index is 13.3. The lowest BCUT2D eigenvalue weighted by atomic mass is 9.69. The first-order chi connectivity index (χ1) is 19.8. The standard InChI is InChI=1S/C28H33F2N5O2.C2H6.CH3F/c1-3-5-20(6-4-2)28(9-11-35(12-10-28)23-7-8-23)24-17-25(34-33-24)32-27(37)18-31-26(36)15-19-13-21(29)16-22(30)14-19;2*1-2/h3-6,13-14,16-17,23H,1,7-12,15,18H2,2H3,(H,31,36)(H2,32,33,34,37);1-2H3;1H3/b6-4-,20-5+;;. The second-order valence-corrected chi connectivity index (χ2v) is 9.65. The molecule has 10 heteroatoms. The Bertz CT molecular complexity index is 1190. The number of nitrogens with zero attached hydrogens (tertiary/aromatic N) is 2. The number of halogens is 3. The zero-order valence-corrected chi connectivity index (χ0v) is 24.4. The zero-order chi connectivity index (χ0) is 30.4. The number of piperidine rings is 1. The molecule has 1 saturated carbocycles. The normalized spacial score (nSPS) is 16.6. The maximum absolute atomic E-state index is 13.3. The minimum atomic E-state index is -0.758. The third kappa shape index (κ3) is 9.45. The van der Waals surface area contributed by atoms with Gasteiger partial charge in [0, 0.05) is 29.3 Å². The van der Waals surface area contributed by atoms with Gasteiger partial charge in [0.05, 0.1) is 20.1 Å². The summed E-state index contributed by atoms with van der Waals surface area (Å²) >= 11 is 0. The molecule has 2 heterocycles. The molecule has 0 spiro atoms. The van der Waals surface area contributed by atoms with Gasteiger partial charge in [0.15, 0.2) is 5.82 Å². The van der Waals surface area contributed by atoms with Crippen LogP contribution < -0.4 is 10.6 Å². The number of carbonyl (C=O) groups excluding carboxylic acids is 2. The lowest BCUT2D eigenvalue weighted by molar-refractivity contribution is -0.123. The van der Waals surface area contributed by atoms with E-state index in [-0.39, 0.29) is 23.9 Å². The number of carbonyl (C=O) groups is 2.